The summed E-state index contributed by atoms with van der Waals surface area (Å²) in [6.45, 7) is 0. The number of halogens is 1. The second-order valence-electron chi connectivity index (χ2n) is 7.83. The van der Waals surface area contributed by atoms with E-state index in [9.17, 15) is 9.65 Å². The zero-order chi connectivity index (χ0) is 21.0. The lowest BCUT2D eigenvalue weighted by Crippen LogP contribution is -2.33. The summed E-state index contributed by atoms with van der Waals surface area (Å²) in [4.78, 5) is 8.47. The van der Waals surface area contributed by atoms with Gasteiger partial charge < -0.3 is 15.0 Å². The van der Waals surface area contributed by atoms with Crippen LogP contribution in [-0.2, 0) is 25.3 Å². The van der Waals surface area contributed by atoms with Crippen molar-refractivity contribution in [3.05, 3.63) is 59.2 Å². The second kappa shape index (κ2) is 6.42. The molecule has 2 N–H and O–H groups in total. The van der Waals surface area contributed by atoms with Gasteiger partial charge in [0.1, 0.15) is 11.6 Å². The van der Waals surface area contributed by atoms with E-state index in [1.54, 1.807) is 19.4 Å². The number of fused-ring (bicyclic) bond motifs is 4. The predicted octanol–water partition coefficient (Wildman–Crippen LogP) is 3.80. The van der Waals surface area contributed by atoms with E-state index >= 15 is 0 Å². The molecule has 0 spiro atoms. The van der Waals surface area contributed by atoms with Gasteiger partial charge in [0.05, 0.1) is 24.1 Å². The van der Waals surface area contributed by atoms with Crippen molar-refractivity contribution >= 4 is 27.8 Å². The van der Waals surface area contributed by atoms with E-state index in [2.05, 4.69) is 16.0 Å². The molecule has 2 heterocycles. The van der Waals surface area contributed by atoms with Gasteiger partial charge in [-0.15, -0.1) is 0 Å². The van der Waals surface area contributed by atoms with Crippen molar-refractivity contribution in [1.29, 1.82) is 5.26 Å². The highest BCUT2D eigenvalue weighted by Crippen LogP contribution is 2.45. The number of aryl methyl sites for hydroxylation is 2. The van der Waals surface area contributed by atoms with Gasteiger partial charge in [-0.1, -0.05) is 6.07 Å². The van der Waals surface area contributed by atoms with E-state index in [0.29, 0.717) is 25.0 Å². The van der Waals surface area contributed by atoms with Crippen molar-refractivity contribution in [2.24, 2.45) is 7.05 Å². The highest BCUT2D eigenvalue weighted by atomic mass is 19.1. The molecule has 2 aromatic heterocycles. The number of nitriles is 1. The molecule has 4 aromatic rings. The summed E-state index contributed by atoms with van der Waals surface area (Å²) in [5.41, 5.74) is 9.39. The number of nitrogens with two attached hydrogens (primary N) is 1. The Morgan fingerprint density at radius 1 is 1.30 bits per heavy atom. The summed E-state index contributed by atoms with van der Waals surface area (Å²) in [5, 5.41) is 12.0. The van der Waals surface area contributed by atoms with Crippen molar-refractivity contribution in [2.75, 3.05) is 12.8 Å². The number of anilines is 1. The standard InChI is InChI=1S/C23H20FN5O/c1-29-18-5-3-14(24)9-15(18)20-16(4-6-19(30-2)21(20)29)23(12-25)8-7-17-13(10-23)11-27-22(26)28-17/h3-6,9,11H,7-8,10H2,1-2H3,(H2,26,27,28). The molecule has 0 fully saturated rings. The van der Waals surface area contributed by atoms with E-state index in [0.717, 1.165) is 38.6 Å². The Balaban J connectivity index is 1.83. The predicted molar refractivity (Wildman–Crippen MR) is 113 cm³/mol. The summed E-state index contributed by atoms with van der Waals surface area (Å²) in [5.74, 6) is 0.621. The number of methoxy groups -OCH3 is 1. The molecule has 0 amide bonds. The first-order valence-electron chi connectivity index (χ1n) is 9.74. The quantitative estimate of drug-likeness (QED) is 0.552. The van der Waals surface area contributed by atoms with Crippen LogP contribution in [0.4, 0.5) is 10.3 Å². The number of hydrogen-bond donors (Lipinski definition) is 1. The highest BCUT2D eigenvalue weighted by Gasteiger charge is 2.39. The molecule has 0 radical (unpaired) electrons. The van der Waals surface area contributed by atoms with Gasteiger partial charge in [0.2, 0.25) is 5.95 Å². The molecule has 1 aliphatic rings. The van der Waals surface area contributed by atoms with Crippen LogP contribution >= 0.6 is 0 Å². The molecule has 2 aromatic carbocycles. The normalized spacial score (nSPS) is 18.3. The average molecular weight is 401 g/mol. The Morgan fingerprint density at radius 3 is 2.90 bits per heavy atom. The summed E-state index contributed by atoms with van der Waals surface area (Å²) in [6.07, 6.45) is 3.42. The number of benzene rings is 2. The number of rotatable bonds is 2. The van der Waals surface area contributed by atoms with Crippen LogP contribution < -0.4 is 10.5 Å². The Morgan fingerprint density at radius 2 is 2.13 bits per heavy atom. The molecule has 6 nitrogen and oxygen atoms in total. The van der Waals surface area contributed by atoms with Crippen LogP contribution in [0.15, 0.2) is 36.5 Å². The van der Waals surface area contributed by atoms with Crippen molar-refractivity contribution in [3.63, 3.8) is 0 Å². The highest BCUT2D eigenvalue weighted by molar-refractivity contribution is 6.12. The van der Waals surface area contributed by atoms with Gasteiger partial charge in [-0.05, 0) is 54.7 Å². The third-order valence-electron chi connectivity index (χ3n) is 6.27. The Kier molecular flexibility index (Phi) is 3.93. The first kappa shape index (κ1) is 18.4. The van der Waals surface area contributed by atoms with Crippen LogP contribution in [0.5, 0.6) is 5.75 Å². The maximum absolute atomic E-state index is 14.2. The van der Waals surface area contributed by atoms with Gasteiger partial charge in [0, 0.05) is 35.2 Å². The Bertz CT molecular complexity index is 1370. The average Bonchev–Trinajstić information content (AvgIpc) is 3.05. The van der Waals surface area contributed by atoms with Crippen LogP contribution in [0.25, 0.3) is 21.8 Å². The summed E-state index contributed by atoms with van der Waals surface area (Å²) in [7, 11) is 3.55. The van der Waals surface area contributed by atoms with Gasteiger partial charge in [0.25, 0.3) is 0 Å². The van der Waals surface area contributed by atoms with Gasteiger partial charge in [-0.3, -0.25) is 0 Å². The molecule has 1 atom stereocenters. The van der Waals surface area contributed by atoms with Crippen LogP contribution in [0.3, 0.4) is 0 Å². The van der Waals surface area contributed by atoms with E-state index < -0.39 is 5.41 Å². The minimum absolute atomic E-state index is 0.245. The van der Waals surface area contributed by atoms with Crippen molar-refractivity contribution < 1.29 is 9.13 Å². The fourth-order valence-electron chi connectivity index (χ4n) is 4.82. The molecule has 0 saturated carbocycles. The lowest BCUT2D eigenvalue weighted by Gasteiger charge is -2.33. The third kappa shape index (κ3) is 2.47. The topological polar surface area (TPSA) is 89.8 Å². The third-order valence-corrected chi connectivity index (χ3v) is 6.27. The molecule has 1 aliphatic carbocycles. The maximum Gasteiger partial charge on any atom is 0.220 e. The molecule has 0 aliphatic heterocycles. The van der Waals surface area contributed by atoms with E-state index in [4.69, 9.17) is 10.5 Å². The molecular weight excluding hydrogens is 381 g/mol. The number of nitrogen functional groups attached to an aromatic ring is 1. The van der Waals surface area contributed by atoms with Crippen molar-refractivity contribution in [1.82, 2.24) is 14.5 Å². The van der Waals surface area contributed by atoms with Crippen LogP contribution in [0.1, 0.15) is 23.2 Å². The van der Waals surface area contributed by atoms with Crippen LogP contribution in [0, 0.1) is 17.1 Å². The van der Waals surface area contributed by atoms with Crippen molar-refractivity contribution in [2.45, 2.75) is 24.7 Å². The van der Waals surface area contributed by atoms with Crippen LogP contribution in [-0.4, -0.2) is 21.6 Å². The molecule has 0 saturated heterocycles. The second-order valence-corrected chi connectivity index (χ2v) is 7.83. The van der Waals surface area contributed by atoms with E-state index in [1.807, 2.05) is 23.7 Å². The zero-order valence-corrected chi connectivity index (χ0v) is 16.7. The van der Waals surface area contributed by atoms with Gasteiger partial charge in [-0.2, -0.15) is 5.26 Å². The first-order valence-corrected chi connectivity index (χ1v) is 9.74. The fourth-order valence-corrected chi connectivity index (χ4v) is 4.82. The van der Waals surface area contributed by atoms with Gasteiger partial charge in [0.15, 0.2) is 0 Å². The first-order chi connectivity index (χ1) is 14.5. The lowest BCUT2D eigenvalue weighted by molar-refractivity contribution is 0.417. The van der Waals surface area contributed by atoms with Gasteiger partial charge in [-0.25, -0.2) is 14.4 Å². The van der Waals surface area contributed by atoms with E-state index in [1.165, 1.54) is 12.1 Å². The lowest BCUT2D eigenvalue weighted by atomic mass is 9.68. The number of aromatic nitrogens is 3. The van der Waals surface area contributed by atoms with E-state index in [-0.39, 0.29) is 11.8 Å². The van der Waals surface area contributed by atoms with Crippen LogP contribution in [0.2, 0.25) is 0 Å². The molecule has 150 valence electrons. The largest absolute Gasteiger partial charge is 0.495 e. The number of hydrogen-bond acceptors (Lipinski definition) is 5. The number of nitrogens with zero attached hydrogens (tertiary/aromatic N) is 4. The molecule has 5 rings (SSSR count). The molecule has 30 heavy (non-hydrogen) atoms. The van der Waals surface area contributed by atoms with Gasteiger partial charge >= 0.3 is 0 Å². The zero-order valence-electron chi connectivity index (χ0n) is 16.7. The summed E-state index contributed by atoms with van der Waals surface area (Å²) in [6, 6.07) is 11.2. The molecular formula is C23H20FN5O. The summed E-state index contributed by atoms with van der Waals surface area (Å²) >= 11 is 0. The van der Waals surface area contributed by atoms with Crippen molar-refractivity contribution in [3.8, 4) is 11.8 Å². The maximum atomic E-state index is 14.2. The Hall–Kier alpha value is -3.66. The monoisotopic (exact) mass is 401 g/mol. The molecule has 0 bridgehead atoms. The smallest absolute Gasteiger partial charge is 0.220 e. The molecule has 1 unspecified atom stereocenters. The summed E-state index contributed by atoms with van der Waals surface area (Å²) < 4.78 is 21.8. The number of ether oxygens (including phenoxy) is 1. The fraction of sp³-hybridized carbons (Fsp3) is 0.261. The molecule has 7 heteroatoms. The minimum atomic E-state index is -0.780. The minimum Gasteiger partial charge on any atom is -0.495 e. The Labute approximate surface area is 172 Å². The SMILES string of the molecule is COc1ccc(C2(C#N)CCc3nc(N)ncc3C2)c2c3cc(F)ccc3n(C)c12.